The second kappa shape index (κ2) is 7.12. The molecule has 0 aromatic heterocycles. The first-order valence-corrected chi connectivity index (χ1v) is 6.64. The zero-order valence-corrected chi connectivity index (χ0v) is 11.1. The summed E-state index contributed by atoms with van der Waals surface area (Å²) in [7, 11) is 0. The molecular weight excluding hydrogens is 210 g/mol. The Bertz CT molecular complexity index is 190. The molecule has 0 aliphatic carbocycles. The minimum absolute atomic E-state index is 0.139. The lowest BCUT2D eigenvalue weighted by Gasteiger charge is -2.28. The van der Waals surface area contributed by atoms with Crippen LogP contribution in [-0.4, -0.2) is 46.1 Å². The molecule has 0 atom stereocenters. The Labute approximate surface area is 97.2 Å². The van der Waals surface area contributed by atoms with Gasteiger partial charge in [0.05, 0.1) is 5.60 Å². The average molecular weight is 233 g/mol. The molecule has 0 spiro atoms. The summed E-state index contributed by atoms with van der Waals surface area (Å²) < 4.78 is 0. The van der Waals surface area contributed by atoms with Gasteiger partial charge in [-0.1, -0.05) is 6.92 Å². The molecule has 1 N–H and O–H groups in total. The van der Waals surface area contributed by atoms with Gasteiger partial charge in [-0.25, -0.2) is 0 Å². The number of aliphatic hydroxyl groups is 1. The third-order valence-corrected chi connectivity index (χ3v) is 2.88. The normalized spacial score (nSPS) is 11.5. The quantitative estimate of drug-likeness (QED) is 0.681. The third-order valence-electron chi connectivity index (χ3n) is 1.98. The van der Waals surface area contributed by atoms with Gasteiger partial charge in [-0.15, -0.1) is 0 Å². The molecule has 0 aromatic carbocycles. The summed E-state index contributed by atoms with van der Waals surface area (Å²) in [6.45, 7) is 8.56. The number of likely N-dealkylation sites (N-methyl/N-ethyl adjacent to an activating group) is 1. The zero-order chi connectivity index (χ0) is 11.9. The highest BCUT2D eigenvalue weighted by atomic mass is 32.2. The van der Waals surface area contributed by atoms with Crippen LogP contribution in [0.25, 0.3) is 0 Å². The van der Waals surface area contributed by atoms with Crippen molar-refractivity contribution in [2.45, 2.75) is 39.7 Å². The van der Waals surface area contributed by atoms with Gasteiger partial charge in [0.2, 0.25) is 5.91 Å². The summed E-state index contributed by atoms with van der Waals surface area (Å²) in [6, 6.07) is 0. The van der Waals surface area contributed by atoms with Gasteiger partial charge < -0.3 is 10.0 Å². The zero-order valence-electron chi connectivity index (χ0n) is 10.2. The first-order valence-electron chi connectivity index (χ1n) is 5.48. The second-order valence-corrected chi connectivity index (χ2v) is 5.56. The van der Waals surface area contributed by atoms with Crippen molar-refractivity contribution in [3.05, 3.63) is 0 Å². The summed E-state index contributed by atoms with van der Waals surface area (Å²) in [5, 5.41) is 9.64. The summed E-state index contributed by atoms with van der Waals surface area (Å²) in [6.07, 6.45) is 0.572. The molecule has 0 saturated carbocycles. The highest BCUT2D eigenvalue weighted by Crippen LogP contribution is 2.08. The summed E-state index contributed by atoms with van der Waals surface area (Å²) >= 11 is 1.77. The van der Waals surface area contributed by atoms with E-state index >= 15 is 0 Å². The summed E-state index contributed by atoms with van der Waals surface area (Å²) in [4.78, 5) is 13.4. The van der Waals surface area contributed by atoms with Crippen molar-refractivity contribution in [2.75, 3.05) is 24.6 Å². The van der Waals surface area contributed by atoms with Crippen molar-refractivity contribution >= 4 is 17.7 Å². The number of carbonyl (C=O) groups is 1. The lowest BCUT2D eigenvalue weighted by molar-refractivity contribution is -0.133. The minimum Gasteiger partial charge on any atom is -0.389 e. The predicted molar refractivity (Wildman–Crippen MR) is 66.2 cm³/mol. The van der Waals surface area contributed by atoms with Gasteiger partial charge in [0, 0.05) is 25.3 Å². The Morgan fingerprint density at radius 2 is 2.00 bits per heavy atom. The van der Waals surface area contributed by atoms with E-state index in [1.807, 2.05) is 6.92 Å². The Hall–Kier alpha value is -0.220. The molecule has 15 heavy (non-hydrogen) atoms. The Balaban J connectivity index is 4.00. The molecule has 0 rings (SSSR count). The monoisotopic (exact) mass is 233 g/mol. The predicted octanol–water partition coefficient (Wildman–Crippen LogP) is 1.75. The van der Waals surface area contributed by atoms with E-state index < -0.39 is 5.60 Å². The van der Waals surface area contributed by atoms with Gasteiger partial charge in [0.25, 0.3) is 0 Å². The average Bonchev–Trinajstić information content (AvgIpc) is 2.13. The van der Waals surface area contributed by atoms with Crippen molar-refractivity contribution in [1.29, 1.82) is 0 Å². The molecule has 1 amide bonds. The molecule has 3 nitrogen and oxygen atoms in total. The Kier molecular flexibility index (Phi) is 7.02. The maximum atomic E-state index is 11.7. The number of amides is 1. The van der Waals surface area contributed by atoms with E-state index in [-0.39, 0.29) is 5.91 Å². The number of carbonyl (C=O) groups excluding carboxylic acids is 1. The van der Waals surface area contributed by atoms with E-state index in [4.69, 9.17) is 0 Å². The highest BCUT2D eigenvalue weighted by molar-refractivity contribution is 7.99. The second-order valence-electron chi connectivity index (χ2n) is 4.17. The molecule has 0 unspecified atom stereocenters. The maximum Gasteiger partial charge on any atom is 0.223 e. The van der Waals surface area contributed by atoms with Gasteiger partial charge in [-0.3, -0.25) is 4.79 Å². The van der Waals surface area contributed by atoms with E-state index in [1.54, 1.807) is 30.5 Å². The maximum absolute atomic E-state index is 11.7. The van der Waals surface area contributed by atoms with Crippen LogP contribution in [0.4, 0.5) is 0 Å². The lowest BCUT2D eigenvalue weighted by Crippen LogP contribution is -2.42. The molecule has 0 radical (unpaired) electrons. The fraction of sp³-hybridized carbons (Fsp3) is 0.909. The summed E-state index contributed by atoms with van der Waals surface area (Å²) in [5.74, 6) is 2.06. The number of hydrogen-bond donors (Lipinski definition) is 1. The van der Waals surface area contributed by atoms with Gasteiger partial charge in [-0.05, 0) is 26.5 Å². The molecule has 0 saturated heterocycles. The van der Waals surface area contributed by atoms with Crippen LogP contribution in [0, 0.1) is 0 Å². The summed E-state index contributed by atoms with van der Waals surface area (Å²) in [5.41, 5.74) is -0.802. The molecule has 0 aromatic rings. The first-order chi connectivity index (χ1) is 6.90. The van der Waals surface area contributed by atoms with Crippen LogP contribution < -0.4 is 0 Å². The fourth-order valence-corrected chi connectivity index (χ4v) is 1.91. The number of thioether (sulfide) groups is 1. The van der Waals surface area contributed by atoms with Crippen LogP contribution >= 0.6 is 11.8 Å². The SMILES string of the molecule is CCSCCC(=O)N(CC)CC(C)(C)O. The number of nitrogens with zero attached hydrogens (tertiary/aromatic N) is 1. The van der Waals surface area contributed by atoms with Crippen LogP contribution in [0.1, 0.15) is 34.1 Å². The Morgan fingerprint density at radius 1 is 1.40 bits per heavy atom. The van der Waals surface area contributed by atoms with Crippen molar-refractivity contribution in [3.63, 3.8) is 0 Å². The highest BCUT2D eigenvalue weighted by Gasteiger charge is 2.20. The minimum atomic E-state index is -0.802. The molecule has 0 aliphatic rings. The van der Waals surface area contributed by atoms with E-state index in [1.165, 1.54) is 0 Å². The van der Waals surface area contributed by atoms with Crippen LogP contribution in [0.3, 0.4) is 0 Å². The molecule has 0 fully saturated rings. The third kappa shape index (κ3) is 7.68. The van der Waals surface area contributed by atoms with Crippen molar-refractivity contribution in [1.82, 2.24) is 4.90 Å². The van der Waals surface area contributed by atoms with Crippen molar-refractivity contribution < 1.29 is 9.90 Å². The van der Waals surface area contributed by atoms with Gasteiger partial charge in [0.15, 0.2) is 0 Å². The Morgan fingerprint density at radius 3 is 2.40 bits per heavy atom. The topological polar surface area (TPSA) is 40.5 Å². The smallest absolute Gasteiger partial charge is 0.223 e. The largest absolute Gasteiger partial charge is 0.389 e. The van der Waals surface area contributed by atoms with Crippen LogP contribution in [0.2, 0.25) is 0 Å². The van der Waals surface area contributed by atoms with Crippen molar-refractivity contribution in [2.24, 2.45) is 0 Å². The van der Waals surface area contributed by atoms with Gasteiger partial charge in [-0.2, -0.15) is 11.8 Å². The van der Waals surface area contributed by atoms with E-state index in [0.717, 1.165) is 11.5 Å². The lowest BCUT2D eigenvalue weighted by atomic mass is 10.1. The molecule has 0 aliphatic heterocycles. The molecule has 90 valence electrons. The van der Waals surface area contributed by atoms with Gasteiger partial charge in [0.1, 0.15) is 0 Å². The molecule has 0 bridgehead atoms. The van der Waals surface area contributed by atoms with Crippen LogP contribution in [0.5, 0.6) is 0 Å². The van der Waals surface area contributed by atoms with Crippen LogP contribution in [0.15, 0.2) is 0 Å². The standard InChI is InChI=1S/C11H23NO2S/c1-5-12(9-11(3,4)14)10(13)7-8-15-6-2/h14H,5-9H2,1-4H3. The number of rotatable bonds is 7. The van der Waals surface area contributed by atoms with E-state index in [9.17, 15) is 9.90 Å². The molecule has 0 heterocycles. The molecule has 4 heteroatoms. The van der Waals surface area contributed by atoms with E-state index in [2.05, 4.69) is 6.92 Å². The first kappa shape index (κ1) is 14.8. The fourth-order valence-electron chi connectivity index (χ4n) is 1.31. The van der Waals surface area contributed by atoms with Gasteiger partial charge >= 0.3 is 0 Å². The van der Waals surface area contributed by atoms with Crippen LogP contribution in [-0.2, 0) is 4.79 Å². The van der Waals surface area contributed by atoms with Crippen molar-refractivity contribution in [3.8, 4) is 0 Å². The molecular formula is C11H23NO2S. The van der Waals surface area contributed by atoms with E-state index in [0.29, 0.717) is 19.5 Å². The number of hydrogen-bond acceptors (Lipinski definition) is 3.